The molecule has 0 radical (unpaired) electrons. The zero-order valence-electron chi connectivity index (χ0n) is 14.2. The second kappa shape index (κ2) is 7.91. The molecule has 0 aliphatic carbocycles. The zero-order chi connectivity index (χ0) is 17.8. The third kappa shape index (κ3) is 4.54. The number of benzene rings is 2. The van der Waals surface area contributed by atoms with Gasteiger partial charge in [0.1, 0.15) is 6.04 Å². The highest BCUT2D eigenvalue weighted by molar-refractivity contribution is 9.10. The first-order valence-corrected chi connectivity index (χ1v) is 9.00. The Bertz CT molecular complexity index is 771. The van der Waals surface area contributed by atoms with Crippen LogP contribution in [-0.4, -0.2) is 17.7 Å². The molecule has 1 saturated heterocycles. The smallest absolute Gasteiger partial charge is 0.258 e. The van der Waals surface area contributed by atoms with Crippen molar-refractivity contribution < 1.29 is 4.79 Å². The normalized spacial score (nSPS) is 20.5. The van der Waals surface area contributed by atoms with Crippen molar-refractivity contribution in [3.8, 4) is 0 Å². The SMILES string of the molecule is C/C(=N/NC(=O)C1CC(c2ccc(C)cc2)NN1)c1ccc(Br)cc1. The first-order chi connectivity index (χ1) is 12.0. The minimum Gasteiger partial charge on any atom is -0.271 e. The van der Waals surface area contributed by atoms with Crippen molar-refractivity contribution in [1.29, 1.82) is 0 Å². The van der Waals surface area contributed by atoms with E-state index in [0.717, 1.165) is 15.7 Å². The van der Waals surface area contributed by atoms with Crippen LogP contribution >= 0.6 is 15.9 Å². The van der Waals surface area contributed by atoms with E-state index in [0.29, 0.717) is 6.42 Å². The molecule has 2 unspecified atom stereocenters. The van der Waals surface area contributed by atoms with Crippen molar-refractivity contribution in [1.82, 2.24) is 16.3 Å². The van der Waals surface area contributed by atoms with Crippen LogP contribution in [0.15, 0.2) is 58.1 Å². The zero-order valence-corrected chi connectivity index (χ0v) is 15.8. The summed E-state index contributed by atoms with van der Waals surface area (Å²) in [5.41, 5.74) is 13.0. The predicted molar refractivity (Wildman–Crippen MR) is 103 cm³/mol. The van der Waals surface area contributed by atoms with Gasteiger partial charge in [0, 0.05) is 10.5 Å². The molecule has 2 aromatic carbocycles. The minimum atomic E-state index is -0.312. The summed E-state index contributed by atoms with van der Waals surface area (Å²) in [5, 5.41) is 4.21. The Kier molecular flexibility index (Phi) is 5.63. The summed E-state index contributed by atoms with van der Waals surface area (Å²) in [4.78, 5) is 12.3. The van der Waals surface area contributed by atoms with Crippen LogP contribution in [0.2, 0.25) is 0 Å². The summed E-state index contributed by atoms with van der Waals surface area (Å²) in [5.74, 6) is -0.140. The molecule has 130 valence electrons. The van der Waals surface area contributed by atoms with Gasteiger partial charge in [-0.1, -0.05) is 57.9 Å². The lowest BCUT2D eigenvalue weighted by molar-refractivity contribution is -0.122. The maximum atomic E-state index is 12.3. The van der Waals surface area contributed by atoms with Crippen LogP contribution in [0.3, 0.4) is 0 Å². The Balaban J connectivity index is 1.57. The molecule has 0 aromatic heterocycles. The number of hydrogen-bond donors (Lipinski definition) is 3. The van der Waals surface area contributed by atoms with Crippen LogP contribution in [0.25, 0.3) is 0 Å². The van der Waals surface area contributed by atoms with E-state index in [4.69, 9.17) is 0 Å². The molecule has 0 bridgehead atoms. The van der Waals surface area contributed by atoms with E-state index < -0.39 is 0 Å². The molecule has 25 heavy (non-hydrogen) atoms. The number of nitrogens with zero attached hydrogens (tertiary/aromatic N) is 1. The number of hydrazine groups is 1. The summed E-state index contributed by atoms with van der Waals surface area (Å²) in [6.45, 7) is 3.94. The van der Waals surface area contributed by atoms with E-state index >= 15 is 0 Å². The van der Waals surface area contributed by atoms with Crippen molar-refractivity contribution >= 4 is 27.5 Å². The molecule has 3 rings (SSSR count). The van der Waals surface area contributed by atoms with Gasteiger partial charge in [0.15, 0.2) is 0 Å². The van der Waals surface area contributed by atoms with E-state index in [1.54, 1.807) is 0 Å². The minimum absolute atomic E-state index is 0.118. The second-order valence-corrected chi connectivity index (χ2v) is 7.14. The molecule has 0 saturated carbocycles. The molecule has 1 heterocycles. The fourth-order valence-electron chi connectivity index (χ4n) is 2.72. The summed E-state index contributed by atoms with van der Waals surface area (Å²) in [6, 6.07) is 16.0. The third-order valence-corrected chi connectivity index (χ3v) is 4.82. The van der Waals surface area contributed by atoms with Crippen LogP contribution in [0.5, 0.6) is 0 Å². The monoisotopic (exact) mass is 400 g/mol. The number of hydrogen-bond acceptors (Lipinski definition) is 4. The molecule has 1 aliphatic heterocycles. The number of rotatable bonds is 4. The maximum Gasteiger partial charge on any atom is 0.258 e. The number of aryl methyl sites for hydroxylation is 1. The second-order valence-electron chi connectivity index (χ2n) is 6.22. The van der Waals surface area contributed by atoms with Crippen LogP contribution in [0, 0.1) is 6.92 Å². The Morgan fingerprint density at radius 1 is 1.12 bits per heavy atom. The molecule has 1 amide bonds. The van der Waals surface area contributed by atoms with Crippen molar-refractivity contribution in [3.05, 3.63) is 69.7 Å². The van der Waals surface area contributed by atoms with Gasteiger partial charge < -0.3 is 0 Å². The maximum absolute atomic E-state index is 12.3. The summed E-state index contributed by atoms with van der Waals surface area (Å²) < 4.78 is 1.01. The fraction of sp³-hybridized carbons (Fsp3) is 0.263. The van der Waals surface area contributed by atoms with E-state index in [9.17, 15) is 4.79 Å². The molecule has 6 heteroatoms. The van der Waals surface area contributed by atoms with E-state index in [2.05, 4.69) is 68.5 Å². The lowest BCUT2D eigenvalue weighted by Crippen LogP contribution is -2.41. The highest BCUT2D eigenvalue weighted by atomic mass is 79.9. The molecule has 5 nitrogen and oxygen atoms in total. The lowest BCUT2D eigenvalue weighted by Gasteiger charge is -2.10. The van der Waals surface area contributed by atoms with Crippen molar-refractivity contribution in [2.75, 3.05) is 0 Å². The average molecular weight is 401 g/mol. The van der Waals surface area contributed by atoms with Crippen molar-refractivity contribution in [2.45, 2.75) is 32.4 Å². The standard InChI is InChI=1S/C19H21BrN4O/c1-12-3-5-15(6-4-12)17-11-18(23-22-17)19(25)24-21-13(2)14-7-9-16(20)10-8-14/h3-10,17-18,22-23H,11H2,1-2H3,(H,24,25)/b21-13-. The van der Waals surface area contributed by atoms with Crippen LogP contribution in [-0.2, 0) is 4.79 Å². The summed E-state index contributed by atoms with van der Waals surface area (Å²) in [7, 11) is 0. The first kappa shape index (κ1) is 17.8. The lowest BCUT2D eigenvalue weighted by atomic mass is 10.0. The Labute approximate surface area is 156 Å². The van der Waals surface area contributed by atoms with E-state index in [1.807, 2.05) is 31.2 Å². The van der Waals surface area contributed by atoms with Gasteiger partial charge in [-0.3, -0.25) is 4.79 Å². The van der Waals surface area contributed by atoms with Gasteiger partial charge in [0.05, 0.1) is 5.71 Å². The van der Waals surface area contributed by atoms with Crippen LogP contribution in [0.1, 0.15) is 36.1 Å². The Morgan fingerprint density at radius 2 is 1.80 bits per heavy atom. The number of halogens is 1. The number of amides is 1. The number of carbonyl (C=O) groups excluding carboxylic acids is 1. The van der Waals surface area contributed by atoms with Gasteiger partial charge in [-0.25, -0.2) is 16.3 Å². The molecule has 1 aliphatic rings. The first-order valence-electron chi connectivity index (χ1n) is 8.20. The van der Waals surface area contributed by atoms with Crippen molar-refractivity contribution in [3.63, 3.8) is 0 Å². The highest BCUT2D eigenvalue weighted by Crippen LogP contribution is 2.22. The molecule has 3 N–H and O–H groups in total. The number of hydrazone groups is 1. The molecule has 2 aromatic rings. The van der Waals surface area contributed by atoms with Crippen LogP contribution in [0.4, 0.5) is 0 Å². The largest absolute Gasteiger partial charge is 0.271 e. The highest BCUT2D eigenvalue weighted by Gasteiger charge is 2.30. The topological polar surface area (TPSA) is 65.5 Å². The predicted octanol–water partition coefficient (Wildman–Crippen LogP) is 3.21. The fourth-order valence-corrected chi connectivity index (χ4v) is 2.98. The summed E-state index contributed by atoms with van der Waals surface area (Å²) in [6.07, 6.45) is 0.682. The van der Waals surface area contributed by atoms with Gasteiger partial charge in [-0.2, -0.15) is 5.10 Å². The Hall–Kier alpha value is -2.02. The van der Waals surface area contributed by atoms with E-state index in [-0.39, 0.29) is 18.0 Å². The third-order valence-electron chi connectivity index (χ3n) is 4.30. The molecule has 2 atom stereocenters. The van der Waals surface area contributed by atoms with Gasteiger partial charge in [0.25, 0.3) is 5.91 Å². The van der Waals surface area contributed by atoms with Crippen molar-refractivity contribution in [2.24, 2.45) is 5.10 Å². The number of nitrogens with one attached hydrogen (secondary N) is 3. The molecular formula is C19H21BrN4O. The average Bonchev–Trinajstić information content (AvgIpc) is 3.11. The molecular weight excluding hydrogens is 380 g/mol. The molecule has 0 spiro atoms. The van der Waals surface area contributed by atoms with E-state index in [1.165, 1.54) is 11.1 Å². The quantitative estimate of drug-likeness (QED) is 0.545. The Morgan fingerprint density at radius 3 is 2.48 bits per heavy atom. The van der Waals surface area contributed by atoms with Crippen LogP contribution < -0.4 is 16.3 Å². The van der Waals surface area contributed by atoms with Gasteiger partial charge in [-0.15, -0.1) is 0 Å². The van der Waals surface area contributed by atoms with Gasteiger partial charge in [-0.05, 0) is 43.5 Å². The van der Waals surface area contributed by atoms with Gasteiger partial charge in [0.2, 0.25) is 0 Å². The summed E-state index contributed by atoms with van der Waals surface area (Å²) >= 11 is 3.41. The number of carbonyl (C=O) groups is 1. The van der Waals surface area contributed by atoms with Gasteiger partial charge >= 0.3 is 0 Å². The molecule has 1 fully saturated rings.